The van der Waals surface area contributed by atoms with E-state index in [4.69, 9.17) is 4.74 Å². The molecule has 0 spiro atoms. The highest BCUT2D eigenvalue weighted by Crippen LogP contribution is 2.53. The summed E-state index contributed by atoms with van der Waals surface area (Å²) in [6.07, 6.45) is 2.11. The molecule has 1 amide bonds. The lowest BCUT2D eigenvalue weighted by Crippen LogP contribution is -2.51. The summed E-state index contributed by atoms with van der Waals surface area (Å²) in [7, 11) is 0. The van der Waals surface area contributed by atoms with E-state index in [0.29, 0.717) is 28.1 Å². The summed E-state index contributed by atoms with van der Waals surface area (Å²) < 4.78 is 6.16. The molecule has 38 heavy (non-hydrogen) atoms. The molecule has 1 unspecified atom stereocenters. The third-order valence-corrected chi connectivity index (χ3v) is 6.77. The molecule has 1 heterocycles. The number of non-ortho nitro benzene ring substituents is 2. The summed E-state index contributed by atoms with van der Waals surface area (Å²) in [5, 5.41) is 34.3. The van der Waals surface area contributed by atoms with Crippen LogP contribution in [0.4, 0.5) is 16.2 Å². The van der Waals surface area contributed by atoms with E-state index >= 15 is 0 Å². The molecule has 1 aromatic heterocycles. The highest BCUT2D eigenvalue weighted by Gasteiger charge is 2.54. The second kappa shape index (κ2) is 10.1. The molecule has 1 saturated carbocycles. The van der Waals surface area contributed by atoms with Gasteiger partial charge in [-0.3, -0.25) is 25.2 Å². The second-order valence-electron chi connectivity index (χ2n) is 10.6. The summed E-state index contributed by atoms with van der Waals surface area (Å²) in [6, 6.07) is 13.5. The summed E-state index contributed by atoms with van der Waals surface area (Å²) >= 11 is 0. The van der Waals surface area contributed by atoms with Crippen molar-refractivity contribution in [1.29, 1.82) is 0 Å². The van der Waals surface area contributed by atoms with Gasteiger partial charge in [0.05, 0.1) is 28.3 Å². The van der Waals surface area contributed by atoms with Crippen LogP contribution in [-0.4, -0.2) is 38.7 Å². The van der Waals surface area contributed by atoms with E-state index in [9.17, 15) is 30.1 Å². The van der Waals surface area contributed by atoms with Crippen molar-refractivity contribution in [2.75, 3.05) is 6.61 Å². The molecule has 2 N–H and O–H groups in total. The van der Waals surface area contributed by atoms with Crippen LogP contribution in [0.1, 0.15) is 33.6 Å². The highest BCUT2D eigenvalue weighted by atomic mass is 16.6. The van der Waals surface area contributed by atoms with Crippen LogP contribution in [-0.2, 0) is 0 Å². The number of rotatable bonds is 9. The number of amides is 1. The maximum Gasteiger partial charge on any atom is 0.404 e. The van der Waals surface area contributed by atoms with Gasteiger partial charge in [-0.2, -0.15) is 0 Å². The maximum atomic E-state index is 11.5. The molecule has 0 radical (unpaired) electrons. The molecular formula is C27H28N4O7. The minimum atomic E-state index is -1.08. The number of hydrogen-bond acceptors (Lipinski definition) is 7. The first-order chi connectivity index (χ1) is 17.9. The van der Waals surface area contributed by atoms with Crippen molar-refractivity contribution in [3.63, 3.8) is 0 Å². The van der Waals surface area contributed by atoms with E-state index in [0.717, 1.165) is 12.8 Å². The molecule has 11 nitrogen and oxygen atoms in total. The number of carboxylic acid groups (broad SMARTS) is 1. The van der Waals surface area contributed by atoms with Gasteiger partial charge in [0.1, 0.15) is 5.75 Å². The van der Waals surface area contributed by atoms with Crippen molar-refractivity contribution in [3.8, 4) is 28.1 Å². The molecule has 1 atom stereocenters. The van der Waals surface area contributed by atoms with Crippen LogP contribution in [0.15, 0.2) is 60.8 Å². The Morgan fingerprint density at radius 2 is 1.55 bits per heavy atom. The van der Waals surface area contributed by atoms with Crippen LogP contribution in [0.3, 0.4) is 0 Å². The summed E-state index contributed by atoms with van der Waals surface area (Å²) in [5.74, 6) is 0.457. The zero-order valence-corrected chi connectivity index (χ0v) is 21.2. The number of carbonyl (C=O) groups is 1. The third-order valence-electron chi connectivity index (χ3n) is 6.77. The first-order valence-corrected chi connectivity index (χ1v) is 12.0. The number of benzene rings is 2. The minimum absolute atomic E-state index is 0.0521. The normalized spacial score (nSPS) is 14.8. The minimum Gasteiger partial charge on any atom is -0.491 e. The number of nitrogens with zero attached hydrogens (tertiary/aromatic N) is 3. The van der Waals surface area contributed by atoms with Crippen molar-refractivity contribution >= 4 is 17.5 Å². The SMILES string of the molecule is CC(C)(C)C(NC(=O)O)C1(COc2cnc(-c3ccc([N+](=O)[O-])cc3)c(-c3ccc([N+](=O)[O-])cc3)c2)CC1. The van der Waals surface area contributed by atoms with Crippen LogP contribution in [0.25, 0.3) is 22.4 Å². The quantitative estimate of drug-likeness (QED) is 0.254. The Balaban J connectivity index is 1.68. The maximum absolute atomic E-state index is 11.5. The molecule has 1 aliphatic rings. The number of hydrogen-bond donors (Lipinski definition) is 2. The number of nitro groups is 2. The van der Waals surface area contributed by atoms with Gasteiger partial charge in [0, 0.05) is 46.8 Å². The van der Waals surface area contributed by atoms with Crippen LogP contribution in [0.2, 0.25) is 0 Å². The molecule has 0 saturated heterocycles. The molecule has 0 bridgehead atoms. The summed E-state index contributed by atoms with van der Waals surface area (Å²) in [6.45, 7) is 6.25. The van der Waals surface area contributed by atoms with Gasteiger partial charge in [0.2, 0.25) is 0 Å². The van der Waals surface area contributed by atoms with Crippen molar-refractivity contribution in [3.05, 3.63) is 81.0 Å². The lowest BCUT2D eigenvalue weighted by molar-refractivity contribution is -0.385. The lowest BCUT2D eigenvalue weighted by Gasteiger charge is -2.37. The van der Waals surface area contributed by atoms with Crippen LogP contribution < -0.4 is 10.1 Å². The first-order valence-electron chi connectivity index (χ1n) is 12.0. The second-order valence-corrected chi connectivity index (χ2v) is 10.6. The highest BCUT2D eigenvalue weighted by molar-refractivity contribution is 5.82. The van der Waals surface area contributed by atoms with Crippen LogP contribution in [0, 0.1) is 31.1 Å². The Labute approximate surface area is 218 Å². The lowest BCUT2D eigenvalue weighted by atomic mass is 9.77. The monoisotopic (exact) mass is 520 g/mol. The smallest absolute Gasteiger partial charge is 0.404 e. The van der Waals surface area contributed by atoms with Crippen molar-refractivity contribution in [2.45, 2.75) is 39.7 Å². The molecule has 0 aliphatic heterocycles. The third kappa shape index (κ3) is 5.72. The number of nitrogens with one attached hydrogen (secondary N) is 1. The van der Waals surface area contributed by atoms with Gasteiger partial charge in [-0.1, -0.05) is 20.8 Å². The molecular weight excluding hydrogens is 492 g/mol. The fourth-order valence-corrected chi connectivity index (χ4v) is 4.79. The Kier molecular flexibility index (Phi) is 7.03. The molecule has 4 rings (SSSR count). The van der Waals surface area contributed by atoms with Gasteiger partial charge in [-0.05, 0) is 54.2 Å². The van der Waals surface area contributed by atoms with E-state index < -0.39 is 15.9 Å². The van der Waals surface area contributed by atoms with Gasteiger partial charge < -0.3 is 15.2 Å². The predicted molar refractivity (Wildman–Crippen MR) is 140 cm³/mol. The molecule has 3 aromatic rings. The topological polar surface area (TPSA) is 158 Å². The van der Waals surface area contributed by atoms with Gasteiger partial charge in [0.25, 0.3) is 11.4 Å². The average Bonchev–Trinajstić information content (AvgIpc) is 3.66. The molecule has 198 valence electrons. The van der Waals surface area contributed by atoms with Gasteiger partial charge in [-0.25, -0.2) is 4.79 Å². The van der Waals surface area contributed by atoms with Gasteiger partial charge in [-0.15, -0.1) is 0 Å². The Bertz CT molecular complexity index is 1360. The summed E-state index contributed by atoms with van der Waals surface area (Å²) in [4.78, 5) is 37.3. The Morgan fingerprint density at radius 1 is 1.03 bits per heavy atom. The average molecular weight is 521 g/mol. The number of pyridine rings is 1. The van der Waals surface area contributed by atoms with E-state index in [1.165, 1.54) is 24.3 Å². The fourth-order valence-electron chi connectivity index (χ4n) is 4.79. The number of nitro benzene ring substituents is 2. The van der Waals surface area contributed by atoms with Crippen LogP contribution >= 0.6 is 0 Å². The molecule has 2 aromatic carbocycles. The Morgan fingerprint density at radius 3 is 2.00 bits per heavy atom. The molecule has 11 heteroatoms. The summed E-state index contributed by atoms with van der Waals surface area (Å²) in [5.41, 5.74) is 1.68. The van der Waals surface area contributed by atoms with Crippen molar-refractivity contribution in [1.82, 2.24) is 10.3 Å². The first kappa shape index (κ1) is 26.5. The Hall–Kier alpha value is -4.54. The van der Waals surface area contributed by atoms with E-state index in [-0.39, 0.29) is 34.9 Å². The molecule has 1 aliphatic carbocycles. The zero-order valence-electron chi connectivity index (χ0n) is 21.2. The van der Waals surface area contributed by atoms with Crippen molar-refractivity contribution in [2.24, 2.45) is 10.8 Å². The van der Waals surface area contributed by atoms with Gasteiger partial charge in [0.15, 0.2) is 0 Å². The van der Waals surface area contributed by atoms with E-state index in [2.05, 4.69) is 10.3 Å². The van der Waals surface area contributed by atoms with Gasteiger partial charge >= 0.3 is 6.09 Å². The van der Waals surface area contributed by atoms with Crippen molar-refractivity contribution < 1.29 is 24.5 Å². The molecule has 1 fully saturated rings. The zero-order chi connectivity index (χ0) is 27.7. The number of ether oxygens (including phenoxy) is 1. The van der Waals surface area contributed by atoms with E-state index in [1.807, 2.05) is 20.8 Å². The number of aromatic nitrogens is 1. The predicted octanol–water partition coefficient (Wildman–Crippen LogP) is 6.07. The largest absolute Gasteiger partial charge is 0.491 e. The standard InChI is InChI=1S/C27H28N4O7/c1-26(2,3)24(29-25(32)33)27(12-13-27)16-38-21-14-22(17-4-8-19(9-5-17)30(34)35)23(28-15-21)18-6-10-20(11-7-18)31(36)37/h4-11,14-15,24,29H,12-13,16H2,1-3H3,(H,32,33). The fraction of sp³-hybridized carbons (Fsp3) is 0.333. The van der Waals surface area contributed by atoms with Crippen LogP contribution in [0.5, 0.6) is 5.75 Å². The van der Waals surface area contributed by atoms with E-state index in [1.54, 1.807) is 36.5 Å².